The van der Waals surface area contributed by atoms with Crippen LogP contribution < -0.4 is 9.47 Å². The second kappa shape index (κ2) is 7.73. The largest absolute Gasteiger partial charge is 0.504 e. The quantitative estimate of drug-likeness (QED) is 0.789. The minimum atomic E-state index is -1.20. The van der Waals surface area contributed by atoms with E-state index in [0.717, 1.165) is 5.56 Å². The third kappa shape index (κ3) is 4.19. The van der Waals surface area contributed by atoms with Crippen molar-refractivity contribution >= 4 is 5.97 Å². The predicted octanol–water partition coefficient (Wildman–Crippen LogP) is 3.34. The van der Waals surface area contributed by atoms with Gasteiger partial charge in [0.25, 0.3) is 0 Å². The van der Waals surface area contributed by atoms with Crippen molar-refractivity contribution in [3.63, 3.8) is 0 Å². The topological polar surface area (TPSA) is 65.0 Å². The molecular formula is C19H22O5. The van der Waals surface area contributed by atoms with Crippen LogP contribution in [0.2, 0.25) is 0 Å². The number of phenolic OH excluding ortho intramolecular Hbond substituents is 1. The number of benzene rings is 2. The maximum atomic E-state index is 12.5. The molecule has 0 aromatic heterocycles. The number of aromatic hydroxyl groups is 1. The number of para-hydroxylation sites is 1. The van der Waals surface area contributed by atoms with Crippen LogP contribution in [0, 0.1) is 0 Å². The molecule has 0 saturated carbocycles. The number of rotatable bonds is 7. The van der Waals surface area contributed by atoms with Crippen LogP contribution in [0.3, 0.4) is 0 Å². The van der Waals surface area contributed by atoms with Gasteiger partial charge in [-0.3, -0.25) is 0 Å². The second-order valence-electron chi connectivity index (χ2n) is 5.55. The van der Waals surface area contributed by atoms with E-state index in [1.807, 2.05) is 18.2 Å². The zero-order chi connectivity index (χ0) is 17.6. The second-order valence-corrected chi connectivity index (χ2v) is 5.55. The minimum Gasteiger partial charge on any atom is -0.504 e. The van der Waals surface area contributed by atoms with Crippen molar-refractivity contribution in [1.82, 2.24) is 0 Å². The lowest BCUT2D eigenvalue weighted by Gasteiger charge is -2.28. The minimum absolute atomic E-state index is 0.0445. The third-order valence-electron chi connectivity index (χ3n) is 3.58. The highest BCUT2D eigenvalue weighted by Gasteiger charge is 2.38. The molecule has 0 spiro atoms. The molecule has 0 bridgehead atoms. The van der Waals surface area contributed by atoms with Crippen LogP contribution in [0.5, 0.6) is 17.2 Å². The van der Waals surface area contributed by atoms with Crippen molar-refractivity contribution in [1.29, 1.82) is 0 Å². The average molecular weight is 330 g/mol. The van der Waals surface area contributed by atoms with Crippen LogP contribution in [0.1, 0.15) is 19.4 Å². The van der Waals surface area contributed by atoms with Crippen LogP contribution in [-0.4, -0.2) is 30.4 Å². The number of carbonyl (C=O) groups excluding carboxylic acids is 1. The predicted molar refractivity (Wildman–Crippen MR) is 90.5 cm³/mol. The Morgan fingerprint density at radius 1 is 1.17 bits per heavy atom. The van der Waals surface area contributed by atoms with Gasteiger partial charge in [-0.15, -0.1) is 0 Å². The Kier molecular flexibility index (Phi) is 5.68. The van der Waals surface area contributed by atoms with Gasteiger partial charge in [-0.25, -0.2) is 4.79 Å². The first kappa shape index (κ1) is 17.7. The molecule has 0 radical (unpaired) electrons. The molecule has 0 amide bonds. The van der Waals surface area contributed by atoms with Gasteiger partial charge >= 0.3 is 5.97 Å². The van der Waals surface area contributed by atoms with Crippen molar-refractivity contribution < 1.29 is 24.1 Å². The van der Waals surface area contributed by atoms with E-state index in [4.69, 9.17) is 14.2 Å². The van der Waals surface area contributed by atoms with Gasteiger partial charge in [-0.1, -0.05) is 24.3 Å². The normalized spacial score (nSPS) is 13.0. The third-order valence-corrected chi connectivity index (χ3v) is 3.58. The molecule has 2 aromatic carbocycles. The van der Waals surface area contributed by atoms with E-state index in [9.17, 15) is 9.90 Å². The number of carbonyl (C=O) groups is 1. The number of hydrogen-bond donors (Lipinski definition) is 1. The summed E-state index contributed by atoms with van der Waals surface area (Å²) in [5.41, 5.74) is -0.407. The van der Waals surface area contributed by atoms with Crippen LogP contribution in [0.4, 0.5) is 0 Å². The van der Waals surface area contributed by atoms with Gasteiger partial charge in [-0.2, -0.15) is 0 Å². The number of methoxy groups -OCH3 is 1. The maximum Gasteiger partial charge on any atom is 0.350 e. The number of esters is 1. The molecule has 0 saturated heterocycles. The standard InChI is InChI=1S/C19H22O5/c1-4-23-18(21)19(2,24-15-8-6-5-7-9-15)13-14-10-11-16(20)17(12-14)22-3/h5-12,20H,4,13H2,1-3H3. The molecule has 2 aromatic rings. The molecule has 1 N–H and O–H groups in total. The molecule has 24 heavy (non-hydrogen) atoms. The number of hydrogen-bond acceptors (Lipinski definition) is 5. The van der Waals surface area contributed by atoms with Crippen molar-refractivity contribution in [3.8, 4) is 17.2 Å². The summed E-state index contributed by atoms with van der Waals surface area (Å²) in [4.78, 5) is 12.5. The molecule has 2 rings (SSSR count). The first-order chi connectivity index (χ1) is 11.5. The molecule has 1 atom stereocenters. The lowest BCUT2D eigenvalue weighted by Crippen LogP contribution is -2.45. The highest BCUT2D eigenvalue weighted by Crippen LogP contribution is 2.30. The first-order valence-electron chi connectivity index (χ1n) is 7.75. The summed E-state index contributed by atoms with van der Waals surface area (Å²) in [5.74, 6) is 0.529. The summed E-state index contributed by atoms with van der Waals surface area (Å²) in [6, 6.07) is 14.1. The SMILES string of the molecule is CCOC(=O)C(C)(Cc1ccc(O)c(OC)c1)Oc1ccccc1. The van der Waals surface area contributed by atoms with Crippen molar-refractivity contribution in [2.24, 2.45) is 0 Å². The van der Waals surface area contributed by atoms with Crippen molar-refractivity contribution in [2.75, 3.05) is 13.7 Å². The summed E-state index contributed by atoms with van der Waals surface area (Å²) < 4.78 is 16.3. The Morgan fingerprint density at radius 3 is 2.50 bits per heavy atom. The van der Waals surface area contributed by atoms with Crippen LogP contribution in [-0.2, 0) is 16.0 Å². The van der Waals surface area contributed by atoms with Gasteiger partial charge in [0.2, 0.25) is 5.60 Å². The van der Waals surface area contributed by atoms with E-state index in [1.54, 1.807) is 38.1 Å². The summed E-state index contributed by atoms with van der Waals surface area (Å²) in [6.45, 7) is 3.72. The van der Waals surface area contributed by atoms with Crippen LogP contribution in [0.25, 0.3) is 0 Å². The van der Waals surface area contributed by atoms with Crippen LogP contribution >= 0.6 is 0 Å². The summed E-state index contributed by atoms with van der Waals surface area (Å²) >= 11 is 0. The lowest BCUT2D eigenvalue weighted by molar-refractivity contribution is -0.160. The molecule has 0 aliphatic heterocycles. The molecule has 0 aliphatic rings. The van der Waals surface area contributed by atoms with E-state index >= 15 is 0 Å². The smallest absolute Gasteiger partial charge is 0.350 e. The number of phenols is 1. The molecular weight excluding hydrogens is 308 g/mol. The fourth-order valence-electron chi connectivity index (χ4n) is 2.40. The van der Waals surface area contributed by atoms with Gasteiger partial charge in [0.15, 0.2) is 11.5 Å². The monoisotopic (exact) mass is 330 g/mol. The molecule has 0 heterocycles. The maximum absolute atomic E-state index is 12.5. The van der Waals surface area contributed by atoms with E-state index in [2.05, 4.69) is 0 Å². The molecule has 0 fully saturated rings. The zero-order valence-electron chi connectivity index (χ0n) is 14.1. The Morgan fingerprint density at radius 2 is 1.88 bits per heavy atom. The molecule has 0 aliphatic carbocycles. The fraction of sp³-hybridized carbons (Fsp3) is 0.316. The molecule has 5 heteroatoms. The first-order valence-corrected chi connectivity index (χ1v) is 7.75. The van der Waals surface area contributed by atoms with Crippen molar-refractivity contribution in [3.05, 3.63) is 54.1 Å². The Labute approximate surface area is 141 Å². The Balaban J connectivity index is 2.30. The lowest BCUT2D eigenvalue weighted by atomic mass is 9.95. The Bertz CT molecular complexity index is 683. The molecule has 1 unspecified atom stereocenters. The Hall–Kier alpha value is -2.69. The average Bonchev–Trinajstić information content (AvgIpc) is 2.57. The van der Waals surface area contributed by atoms with Gasteiger partial charge in [-0.05, 0) is 43.7 Å². The van der Waals surface area contributed by atoms with E-state index in [1.165, 1.54) is 13.2 Å². The van der Waals surface area contributed by atoms with Crippen molar-refractivity contribution in [2.45, 2.75) is 25.9 Å². The summed E-state index contributed by atoms with van der Waals surface area (Å²) in [7, 11) is 1.48. The van der Waals surface area contributed by atoms with Crippen LogP contribution in [0.15, 0.2) is 48.5 Å². The van der Waals surface area contributed by atoms with E-state index in [0.29, 0.717) is 11.5 Å². The summed E-state index contributed by atoms with van der Waals surface area (Å²) in [5, 5.41) is 9.71. The molecule has 128 valence electrons. The van der Waals surface area contributed by atoms with Gasteiger partial charge in [0.1, 0.15) is 5.75 Å². The van der Waals surface area contributed by atoms with E-state index in [-0.39, 0.29) is 18.8 Å². The zero-order valence-corrected chi connectivity index (χ0v) is 14.1. The molecule has 5 nitrogen and oxygen atoms in total. The fourth-order valence-corrected chi connectivity index (χ4v) is 2.40. The summed E-state index contributed by atoms with van der Waals surface area (Å²) in [6.07, 6.45) is 0.275. The van der Waals surface area contributed by atoms with Gasteiger partial charge in [0.05, 0.1) is 13.7 Å². The van der Waals surface area contributed by atoms with E-state index < -0.39 is 11.6 Å². The highest BCUT2D eigenvalue weighted by atomic mass is 16.6. The van der Waals surface area contributed by atoms with Gasteiger partial charge in [0, 0.05) is 6.42 Å². The van der Waals surface area contributed by atoms with Gasteiger partial charge < -0.3 is 19.3 Å². The highest BCUT2D eigenvalue weighted by molar-refractivity contribution is 5.80. The number of ether oxygens (including phenoxy) is 3.